The second kappa shape index (κ2) is 7.06. The Kier molecular flexibility index (Phi) is 4.84. The van der Waals surface area contributed by atoms with Gasteiger partial charge >= 0.3 is 0 Å². The van der Waals surface area contributed by atoms with Crippen molar-refractivity contribution in [3.05, 3.63) is 41.1 Å². The molecule has 8 nitrogen and oxygen atoms in total. The molecule has 130 valence electrons. The van der Waals surface area contributed by atoms with Crippen molar-refractivity contribution in [2.75, 3.05) is 11.1 Å². The molecule has 0 atom stereocenters. The molecule has 3 rings (SSSR count). The highest BCUT2D eigenvalue weighted by Crippen LogP contribution is 2.23. The smallest absolute Gasteiger partial charge is 0.235 e. The molecular weight excluding hydrogens is 338 g/mol. The van der Waals surface area contributed by atoms with Crippen molar-refractivity contribution < 1.29 is 4.79 Å². The molecule has 1 N–H and O–H groups in total. The number of nitrogens with zero attached hydrogens (tertiary/aromatic N) is 6. The number of carbonyl (C=O) groups is 1. The molecule has 2 aromatic heterocycles. The van der Waals surface area contributed by atoms with Crippen LogP contribution < -0.4 is 5.32 Å². The van der Waals surface area contributed by atoms with E-state index in [0.717, 1.165) is 22.5 Å². The third-order valence-electron chi connectivity index (χ3n) is 3.69. The van der Waals surface area contributed by atoms with E-state index in [0.29, 0.717) is 11.0 Å². The fraction of sp³-hybridized carbons (Fsp3) is 0.312. The molecule has 1 aromatic carbocycles. The fourth-order valence-corrected chi connectivity index (χ4v) is 3.26. The quantitative estimate of drug-likeness (QED) is 0.703. The molecule has 0 aliphatic carbocycles. The van der Waals surface area contributed by atoms with Crippen LogP contribution >= 0.6 is 11.8 Å². The molecule has 0 spiro atoms. The van der Waals surface area contributed by atoms with Crippen LogP contribution in [-0.2, 0) is 11.8 Å². The first-order valence-electron chi connectivity index (χ1n) is 7.74. The molecule has 0 fully saturated rings. The summed E-state index contributed by atoms with van der Waals surface area (Å²) >= 11 is 1.29. The number of tetrazole rings is 1. The fourth-order valence-electron chi connectivity index (χ4n) is 2.59. The Bertz CT molecular complexity index is 895. The van der Waals surface area contributed by atoms with E-state index < -0.39 is 0 Å². The molecule has 2 heterocycles. The lowest BCUT2D eigenvalue weighted by Gasteiger charge is -2.10. The van der Waals surface area contributed by atoms with Gasteiger partial charge in [0.25, 0.3) is 0 Å². The van der Waals surface area contributed by atoms with Gasteiger partial charge in [-0.3, -0.25) is 9.48 Å². The molecule has 0 bridgehead atoms. The van der Waals surface area contributed by atoms with Gasteiger partial charge in [-0.05, 0) is 42.3 Å². The number of amides is 1. The van der Waals surface area contributed by atoms with Gasteiger partial charge in [-0.15, -0.1) is 5.10 Å². The SMILES string of the molecule is Cc1cc(NC(=O)CSc2nnnn2-c2c(C)cccc2C)n(C)n1. The average Bonchev–Trinajstić information content (AvgIpc) is 3.12. The molecule has 0 saturated heterocycles. The highest BCUT2D eigenvalue weighted by atomic mass is 32.2. The van der Waals surface area contributed by atoms with Gasteiger partial charge in [0.1, 0.15) is 5.82 Å². The van der Waals surface area contributed by atoms with Gasteiger partial charge in [0.05, 0.1) is 17.1 Å². The van der Waals surface area contributed by atoms with Gasteiger partial charge in [-0.1, -0.05) is 30.0 Å². The van der Waals surface area contributed by atoms with Crippen LogP contribution in [0.2, 0.25) is 0 Å². The number of nitrogens with one attached hydrogen (secondary N) is 1. The number of aryl methyl sites for hydroxylation is 4. The van der Waals surface area contributed by atoms with E-state index in [-0.39, 0.29) is 11.7 Å². The number of rotatable bonds is 5. The highest BCUT2D eigenvalue weighted by Gasteiger charge is 2.15. The lowest BCUT2D eigenvalue weighted by atomic mass is 10.1. The Morgan fingerprint density at radius 3 is 2.60 bits per heavy atom. The van der Waals surface area contributed by atoms with Crippen LogP contribution in [0.5, 0.6) is 0 Å². The Hall–Kier alpha value is -2.68. The number of thioether (sulfide) groups is 1. The number of hydrogen-bond acceptors (Lipinski definition) is 6. The van der Waals surface area contributed by atoms with Crippen LogP contribution in [0.4, 0.5) is 5.82 Å². The Labute approximate surface area is 149 Å². The van der Waals surface area contributed by atoms with E-state index in [9.17, 15) is 4.79 Å². The van der Waals surface area contributed by atoms with Crippen LogP contribution in [0.15, 0.2) is 29.4 Å². The molecule has 0 radical (unpaired) electrons. The molecule has 9 heteroatoms. The maximum atomic E-state index is 12.2. The van der Waals surface area contributed by atoms with Crippen molar-refractivity contribution in [2.45, 2.75) is 25.9 Å². The van der Waals surface area contributed by atoms with Crippen molar-refractivity contribution in [2.24, 2.45) is 7.05 Å². The van der Waals surface area contributed by atoms with Gasteiger partial charge in [0.15, 0.2) is 0 Å². The minimum absolute atomic E-state index is 0.135. The maximum Gasteiger partial charge on any atom is 0.235 e. The lowest BCUT2D eigenvalue weighted by Crippen LogP contribution is -2.17. The first kappa shape index (κ1) is 17.2. The van der Waals surface area contributed by atoms with Crippen molar-refractivity contribution in [1.29, 1.82) is 0 Å². The summed E-state index contributed by atoms with van der Waals surface area (Å²) in [5.74, 6) is 0.733. The molecule has 25 heavy (non-hydrogen) atoms. The Morgan fingerprint density at radius 1 is 1.24 bits per heavy atom. The van der Waals surface area contributed by atoms with Crippen LogP contribution in [0.3, 0.4) is 0 Å². The predicted octanol–water partition coefficient (Wildman–Crippen LogP) is 2.05. The highest BCUT2D eigenvalue weighted by molar-refractivity contribution is 7.99. The molecule has 1 amide bonds. The summed E-state index contributed by atoms with van der Waals surface area (Å²) in [5, 5.41) is 19.5. The zero-order valence-corrected chi connectivity index (χ0v) is 15.3. The average molecular weight is 357 g/mol. The monoisotopic (exact) mass is 357 g/mol. The Balaban J connectivity index is 1.72. The third-order valence-corrected chi connectivity index (χ3v) is 4.61. The van der Waals surface area contributed by atoms with Crippen LogP contribution in [0, 0.1) is 20.8 Å². The van der Waals surface area contributed by atoms with Gasteiger partial charge in [-0.2, -0.15) is 9.78 Å². The van der Waals surface area contributed by atoms with Crippen LogP contribution in [0.1, 0.15) is 16.8 Å². The van der Waals surface area contributed by atoms with Gasteiger partial charge in [0.2, 0.25) is 11.1 Å². The summed E-state index contributed by atoms with van der Waals surface area (Å²) in [5.41, 5.74) is 3.94. The van der Waals surface area contributed by atoms with Gasteiger partial charge in [-0.25, -0.2) is 0 Å². The molecular formula is C16H19N7OS. The number of anilines is 1. The topological polar surface area (TPSA) is 90.5 Å². The van der Waals surface area contributed by atoms with Crippen LogP contribution in [0.25, 0.3) is 5.69 Å². The van der Waals surface area contributed by atoms with Crippen molar-refractivity contribution >= 4 is 23.5 Å². The molecule has 0 unspecified atom stereocenters. The molecule has 0 aliphatic rings. The van der Waals surface area contributed by atoms with Gasteiger partial charge < -0.3 is 5.32 Å². The predicted molar refractivity (Wildman–Crippen MR) is 95.9 cm³/mol. The first-order chi connectivity index (χ1) is 12.0. The summed E-state index contributed by atoms with van der Waals surface area (Å²) in [6.07, 6.45) is 0. The normalized spacial score (nSPS) is 10.9. The number of carbonyl (C=O) groups excluding carboxylic acids is 1. The molecule has 0 saturated carbocycles. The maximum absolute atomic E-state index is 12.2. The minimum Gasteiger partial charge on any atom is -0.310 e. The summed E-state index contributed by atoms with van der Waals surface area (Å²) in [6, 6.07) is 7.84. The standard InChI is InChI=1S/C16H19N7OS/c1-10-6-5-7-11(2)15(10)23-16(18-20-21-23)25-9-14(24)17-13-8-12(3)19-22(13)4/h5-8H,9H2,1-4H3,(H,17,24). The minimum atomic E-state index is -0.135. The van der Waals surface area contributed by atoms with E-state index >= 15 is 0 Å². The summed E-state index contributed by atoms with van der Waals surface area (Å²) in [7, 11) is 1.79. The van der Waals surface area contributed by atoms with Gasteiger partial charge in [0, 0.05) is 13.1 Å². The molecule has 0 aliphatic heterocycles. The van der Waals surface area contributed by atoms with Crippen molar-refractivity contribution in [3.63, 3.8) is 0 Å². The summed E-state index contributed by atoms with van der Waals surface area (Å²) < 4.78 is 3.31. The number of para-hydroxylation sites is 1. The first-order valence-corrected chi connectivity index (χ1v) is 8.72. The zero-order valence-electron chi connectivity index (χ0n) is 14.5. The second-order valence-electron chi connectivity index (χ2n) is 5.75. The summed E-state index contributed by atoms with van der Waals surface area (Å²) in [6.45, 7) is 5.90. The summed E-state index contributed by atoms with van der Waals surface area (Å²) in [4.78, 5) is 12.2. The van der Waals surface area contributed by atoms with E-state index in [1.165, 1.54) is 11.8 Å². The second-order valence-corrected chi connectivity index (χ2v) is 6.69. The number of benzene rings is 1. The van der Waals surface area contributed by atoms with E-state index in [1.54, 1.807) is 16.4 Å². The molecule has 3 aromatic rings. The Morgan fingerprint density at radius 2 is 1.96 bits per heavy atom. The van der Waals surface area contributed by atoms with Crippen molar-refractivity contribution in [1.82, 2.24) is 30.0 Å². The number of aromatic nitrogens is 6. The number of hydrogen-bond donors (Lipinski definition) is 1. The lowest BCUT2D eigenvalue weighted by molar-refractivity contribution is -0.113. The van der Waals surface area contributed by atoms with E-state index in [4.69, 9.17) is 0 Å². The van der Waals surface area contributed by atoms with Crippen LogP contribution in [-0.4, -0.2) is 41.6 Å². The largest absolute Gasteiger partial charge is 0.310 e. The van der Waals surface area contributed by atoms with E-state index in [1.807, 2.05) is 45.0 Å². The van der Waals surface area contributed by atoms with Crippen molar-refractivity contribution in [3.8, 4) is 5.69 Å². The zero-order chi connectivity index (χ0) is 18.0. The van der Waals surface area contributed by atoms with E-state index in [2.05, 4.69) is 25.9 Å². The third kappa shape index (κ3) is 3.71.